The van der Waals surface area contributed by atoms with Gasteiger partial charge in [-0.15, -0.1) is 0 Å². The molecular formula is C40H34CuN4O2+2. The van der Waals surface area contributed by atoms with E-state index in [1.165, 1.54) is 0 Å². The quantitative estimate of drug-likeness (QED) is 0.0974. The second kappa shape index (κ2) is 16.5. The van der Waals surface area contributed by atoms with Crippen molar-refractivity contribution in [2.24, 2.45) is 0 Å². The molecule has 0 fully saturated rings. The molecule has 2 N–H and O–H groups in total. The monoisotopic (exact) mass is 665 g/mol. The molecule has 235 valence electrons. The van der Waals surface area contributed by atoms with E-state index in [4.69, 9.17) is 0 Å². The number of rotatable bonds is 13. The maximum atomic E-state index is 12.8. The number of aromatic nitrogens is 2. The molecule has 0 spiro atoms. The Morgan fingerprint density at radius 2 is 0.787 bits per heavy atom. The van der Waals surface area contributed by atoms with Crippen LogP contribution in [0.4, 0.5) is 0 Å². The fourth-order valence-corrected chi connectivity index (χ4v) is 5.82. The maximum absolute atomic E-state index is 12.8. The number of aldehydes is 2. The van der Waals surface area contributed by atoms with Gasteiger partial charge in [0.1, 0.15) is 12.6 Å². The Balaban J connectivity index is 0.00000433. The molecule has 1 radical (unpaired) electrons. The summed E-state index contributed by atoms with van der Waals surface area (Å²) in [6, 6.07) is 41.9. The second-order valence-corrected chi connectivity index (χ2v) is 11.1. The van der Waals surface area contributed by atoms with Crippen LogP contribution in [0.15, 0.2) is 158 Å². The average molecular weight is 666 g/mol. The zero-order valence-corrected chi connectivity index (χ0v) is 26.4. The molecular weight excluding hydrogens is 632 g/mol. The molecule has 47 heavy (non-hydrogen) atoms. The molecule has 2 heterocycles. The van der Waals surface area contributed by atoms with E-state index in [2.05, 4.69) is 20.6 Å². The summed E-state index contributed by atoms with van der Waals surface area (Å²) in [6.07, 6.45) is 8.92. The van der Waals surface area contributed by atoms with Gasteiger partial charge >= 0.3 is 17.1 Å². The molecule has 0 aliphatic rings. The van der Waals surface area contributed by atoms with Gasteiger partial charge in [0, 0.05) is 24.8 Å². The Morgan fingerprint density at radius 1 is 0.426 bits per heavy atom. The van der Waals surface area contributed by atoms with Crippen molar-refractivity contribution >= 4 is 12.6 Å². The number of hydrogen-bond acceptors (Lipinski definition) is 6. The van der Waals surface area contributed by atoms with E-state index in [0.717, 1.165) is 57.1 Å². The minimum atomic E-state index is -0.621. The van der Waals surface area contributed by atoms with Crippen molar-refractivity contribution in [1.29, 1.82) is 0 Å². The first kappa shape index (κ1) is 33.3. The van der Waals surface area contributed by atoms with Gasteiger partial charge in [0.05, 0.1) is 24.2 Å². The van der Waals surface area contributed by atoms with Gasteiger partial charge in [0.25, 0.3) is 0 Å². The van der Waals surface area contributed by atoms with Gasteiger partial charge in [-0.2, -0.15) is 0 Å². The molecule has 4 unspecified atom stereocenters. The maximum Gasteiger partial charge on any atom is 2.00 e. The van der Waals surface area contributed by atoms with Crippen LogP contribution in [0.25, 0.3) is 22.3 Å². The third-order valence-corrected chi connectivity index (χ3v) is 8.16. The third-order valence-electron chi connectivity index (χ3n) is 8.16. The summed E-state index contributed by atoms with van der Waals surface area (Å²) in [4.78, 5) is 33.9. The van der Waals surface area contributed by atoms with E-state index in [-0.39, 0.29) is 29.2 Å². The van der Waals surface area contributed by atoms with Crippen LogP contribution in [0.3, 0.4) is 0 Å². The number of pyridine rings is 2. The summed E-state index contributed by atoms with van der Waals surface area (Å²) in [5.74, 6) is 0. The van der Waals surface area contributed by atoms with Gasteiger partial charge in [0.15, 0.2) is 0 Å². The van der Waals surface area contributed by atoms with Crippen molar-refractivity contribution in [3.05, 3.63) is 181 Å². The Hall–Kier alpha value is -5.04. The van der Waals surface area contributed by atoms with Crippen molar-refractivity contribution in [3.8, 4) is 22.3 Å². The number of carbonyl (C=O) groups is 2. The summed E-state index contributed by atoms with van der Waals surface area (Å²) in [7, 11) is 0. The molecule has 0 saturated heterocycles. The Morgan fingerprint density at radius 3 is 1.15 bits per heavy atom. The van der Waals surface area contributed by atoms with Gasteiger partial charge in [-0.05, 0) is 80.9 Å². The van der Waals surface area contributed by atoms with Crippen molar-refractivity contribution in [2.45, 2.75) is 24.2 Å². The molecule has 6 nitrogen and oxygen atoms in total. The molecule has 0 amide bonds. The molecule has 0 saturated carbocycles. The standard InChI is InChI=1S/C40H34N4O2.Cu/c45-27-37(35-15-7-13-33(25-35)29-17-21-41-22-18-29)43-39(31-9-3-1-4-10-31)40(32-11-5-2-6-12-32)44-38(28-46)36-16-8-14-34(26-36)30-19-23-42-24-20-30;/h1-28,37-40,43-44H;/q;+2. The Bertz CT molecular complexity index is 1720. The Kier molecular flexibility index (Phi) is 11.7. The number of nitrogens with zero attached hydrogens (tertiary/aromatic N) is 2. The third kappa shape index (κ3) is 8.22. The van der Waals surface area contributed by atoms with E-state index in [0.29, 0.717) is 0 Å². The van der Waals surface area contributed by atoms with Crippen molar-refractivity contribution < 1.29 is 26.7 Å². The number of benzene rings is 4. The van der Waals surface area contributed by atoms with Crippen LogP contribution in [0.1, 0.15) is 46.4 Å². The molecule has 4 aromatic carbocycles. The first-order valence-electron chi connectivity index (χ1n) is 15.3. The first-order valence-corrected chi connectivity index (χ1v) is 15.3. The van der Waals surface area contributed by atoms with Gasteiger partial charge in [-0.25, -0.2) is 0 Å². The zero-order valence-electron chi connectivity index (χ0n) is 25.5. The summed E-state index contributed by atoms with van der Waals surface area (Å²) in [5, 5.41) is 7.33. The van der Waals surface area contributed by atoms with E-state index in [1.54, 1.807) is 24.8 Å². The summed E-state index contributed by atoms with van der Waals surface area (Å²) in [5.41, 5.74) is 7.69. The van der Waals surface area contributed by atoms with Crippen molar-refractivity contribution in [2.75, 3.05) is 0 Å². The van der Waals surface area contributed by atoms with Crippen LogP contribution >= 0.6 is 0 Å². The molecule has 7 heteroatoms. The summed E-state index contributed by atoms with van der Waals surface area (Å²) >= 11 is 0. The van der Waals surface area contributed by atoms with E-state index >= 15 is 0 Å². The van der Waals surface area contributed by atoms with Crippen LogP contribution in [0.2, 0.25) is 0 Å². The molecule has 0 bridgehead atoms. The van der Waals surface area contributed by atoms with Crippen LogP contribution in [0, 0.1) is 0 Å². The van der Waals surface area contributed by atoms with Gasteiger partial charge in [-0.1, -0.05) is 97.1 Å². The van der Waals surface area contributed by atoms with Gasteiger partial charge in [0.2, 0.25) is 0 Å². The second-order valence-electron chi connectivity index (χ2n) is 11.1. The van der Waals surface area contributed by atoms with Gasteiger partial charge in [-0.3, -0.25) is 20.6 Å². The molecule has 2 aromatic heterocycles. The van der Waals surface area contributed by atoms with Crippen molar-refractivity contribution in [1.82, 2.24) is 20.6 Å². The van der Waals surface area contributed by atoms with Crippen LogP contribution < -0.4 is 10.6 Å². The Labute approximate surface area is 285 Å². The number of nitrogens with one attached hydrogen (secondary N) is 2. The average Bonchev–Trinajstić information content (AvgIpc) is 3.14. The largest absolute Gasteiger partial charge is 2.00 e. The topological polar surface area (TPSA) is 84.0 Å². The van der Waals surface area contributed by atoms with E-state index in [1.807, 2.05) is 133 Å². The van der Waals surface area contributed by atoms with E-state index < -0.39 is 12.1 Å². The molecule has 0 aliphatic carbocycles. The van der Waals surface area contributed by atoms with Gasteiger partial charge < -0.3 is 9.59 Å². The SMILES string of the molecule is O=CC(NC(c1ccccc1)C(NC(C=O)c1cccc(-c2ccncc2)c1)c1ccccc1)c1cccc(-c2ccncc2)c1.[Cu+2]. The molecule has 6 rings (SSSR count). The predicted octanol–water partition coefficient (Wildman–Crippen LogP) is 7.65. The minimum Gasteiger partial charge on any atom is -0.301 e. The zero-order chi connectivity index (χ0) is 31.6. The van der Waals surface area contributed by atoms with Crippen molar-refractivity contribution in [3.63, 3.8) is 0 Å². The minimum absolute atomic E-state index is 0. The summed E-state index contributed by atoms with van der Waals surface area (Å²) in [6.45, 7) is 0. The van der Waals surface area contributed by atoms with E-state index in [9.17, 15) is 9.59 Å². The fraction of sp³-hybridized carbons (Fsp3) is 0.100. The molecule has 6 aromatic rings. The van der Waals surface area contributed by atoms with Crippen LogP contribution in [0.5, 0.6) is 0 Å². The number of carbonyl (C=O) groups excluding carboxylic acids is 2. The fourth-order valence-electron chi connectivity index (χ4n) is 5.82. The molecule has 0 aliphatic heterocycles. The molecule has 4 atom stereocenters. The normalized spacial score (nSPS) is 13.4. The smallest absolute Gasteiger partial charge is 0.301 e. The summed E-state index contributed by atoms with van der Waals surface area (Å²) < 4.78 is 0. The number of hydrogen-bond donors (Lipinski definition) is 2. The van der Waals surface area contributed by atoms with Crippen LogP contribution in [-0.2, 0) is 26.7 Å². The first-order chi connectivity index (χ1) is 22.7. The predicted molar refractivity (Wildman–Crippen MR) is 182 cm³/mol. The van der Waals surface area contributed by atoms with Crippen LogP contribution in [-0.4, -0.2) is 22.5 Å².